The first-order chi connectivity index (χ1) is 7.65. The number of likely N-dealkylation sites (N-methyl/N-ethyl adjacent to an activating group) is 1. The van der Waals surface area contributed by atoms with Crippen molar-refractivity contribution in [3.05, 3.63) is 23.8 Å². The fourth-order valence-corrected chi connectivity index (χ4v) is 2.91. The molecule has 0 saturated heterocycles. The molecule has 1 aliphatic rings. The molecule has 0 aliphatic carbocycles. The molecule has 4 nitrogen and oxygen atoms in total. The van der Waals surface area contributed by atoms with Crippen LogP contribution in [0.4, 0.5) is 5.69 Å². The van der Waals surface area contributed by atoms with Gasteiger partial charge in [-0.25, -0.2) is 8.42 Å². The molecule has 2 rings (SSSR count). The van der Waals surface area contributed by atoms with E-state index in [1.807, 2.05) is 7.05 Å². The monoisotopic (exact) mass is 254 g/mol. The number of benzene rings is 1. The third-order valence-corrected chi connectivity index (χ3v) is 4.79. The maximum Gasteiger partial charge on any atom is 0.124 e. The lowest BCUT2D eigenvalue weighted by molar-refractivity contribution is 0.451. The van der Waals surface area contributed by atoms with Gasteiger partial charge in [0.2, 0.25) is 0 Å². The van der Waals surface area contributed by atoms with Crippen LogP contribution >= 0.6 is 0 Å². The zero-order chi connectivity index (χ0) is 13.0. The van der Waals surface area contributed by atoms with E-state index in [4.69, 9.17) is 0 Å². The average Bonchev–Trinajstić information content (AvgIpc) is 2.39. The molecule has 0 N–H and O–H groups in total. The van der Waals surface area contributed by atoms with Gasteiger partial charge in [0.25, 0.3) is 0 Å². The maximum absolute atomic E-state index is 11.0. The Kier molecular flexibility index (Phi) is 2.52. The lowest BCUT2D eigenvalue weighted by Gasteiger charge is -2.28. The van der Waals surface area contributed by atoms with Crippen LogP contribution in [0.5, 0.6) is 0 Å². The summed E-state index contributed by atoms with van der Waals surface area (Å²) in [6.07, 6.45) is 0. The largest absolute Gasteiger partial charge is 0.744 e. The first kappa shape index (κ1) is 12.4. The molecule has 0 bridgehead atoms. The van der Waals surface area contributed by atoms with Gasteiger partial charge in [0.1, 0.15) is 10.1 Å². The van der Waals surface area contributed by atoms with Gasteiger partial charge in [0.15, 0.2) is 0 Å². The minimum atomic E-state index is -4.38. The van der Waals surface area contributed by atoms with Crippen LogP contribution in [0, 0.1) is 0 Å². The molecule has 1 heterocycles. The van der Waals surface area contributed by atoms with Crippen LogP contribution in [0.2, 0.25) is 0 Å². The third kappa shape index (κ3) is 1.73. The summed E-state index contributed by atoms with van der Waals surface area (Å²) in [4.78, 5) is 1.96. The van der Waals surface area contributed by atoms with E-state index in [0.717, 1.165) is 11.3 Å². The zero-order valence-electron chi connectivity index (χ0n) is 10.4. The second kappa shape index (κ2) is 3.46. The van der Waals surface area contributed by atoms with Crippen LogP contribution in [-0.2, 0) is 15.5 Å². The van der Waals surface area contributed by atoms with Crippen molar-refractivity contribution in [2.75, 3.05) is 11.9 Å². The molecule has 0 unspecified atom stereocenters. The van der Waals surface area contributed by atoms with Crippen molar-refractivity contribution in [3.63, 3.8) is 0 Å². The van der Waals surface area contributed by atoms with Crippen molar-refractivity contribution in [1.29, 1.82) is 0 Å². The van der Waals surface area contributed by atoms with Crippen molar-refractivity contribution >= 4 is 15.8 Å². The van der Waals surface area contributed by atoms with Gasteiger partial charge in [0.05, 0.1) is 4.90 Å². The van der Waals surface area contributed by atoms with Gasteiger partial charge in [0, 0.05) is 24.2 Å². The first-order valence-electron chi connectivity index (χ1n) is 5.49. The van der Waals surface area contributed by atoms with Crippen molar-refractivity contribution in [2.24, 2.45) is 0 Å². The first-order valence-corrected chi connectivity index (χ1v) is 6.90. The van der Waals surface area contributed by atoms with Gasteiger partial charge >= 0.3 is 0 Å². The fraction of sp³-hybridized carbons (Fsp3) is 0.500. The molecule has 0 fully saturated rings. The Labute approximate surface area is 102 Å². The van der Waals surface area contributed by atoms with E-state index in [1.165, 1.54) is 12.1 Å². The van der Waals surface area contributed by atoms with Crippen LogP contribution in [0.1, 0.15) is 26.3 Å². The van der Waals surface area contributed by atoms with E-state index in [-0.39, 0.29) is 16.4 Å². The summed E-state index contributed by atoms with van der Waals surface area (Å²) in [5, 5.41) is 0. The van der Waals surface area contributed by atoms with Crippen molar-refractivity contribution in [2.45, 2.75) is 37.1 Å². The Hall–Kier alpha value is -1.07. The normalized spacial score (nSPS) is 22.6. The number of hydrogen-bond acceptors (Lipinski definition) is 4. The van der Waals surface area contributed by atoms with Crippen LogP contribution in [0.3, 0.4) is 0 Å². The highest BCUT2D eigenvalue weighted by Crippen LogP contribution is 2.44. The van der Waals surface area contributed by atoms with Gasteiger partial charge in [-0.3, -0.25) is 0 Å². The van der Waals surface area contributed by atoms with Crippen LogP contribution in [-0.4, -0.2) is 26.1 Å². The van der Waals surface area contributed by atoms with Gasteiger partial charge < -0.3 is 9.45 Å². The molecule has 5 heteroatoms. The summed E-state index contributed by atoms with van der Waals surface area (Å²) < 4.78 is 33.1. The number of fused-ring (bicyclic) bond motifs is 1. The number of nitrogens with zero attached hydrogens (tertiary/aromatic N) is 1. The Morgan fingerprint density at radius 2 is 1.94 bits per heavy atom. The van der Waals surface area contributed by atoms with Gasteiger partial charge in [-0.15, -0.1) is 0 Å². The average molecular weight is 254 g/mol. The highest BCUT2D eigenvalue weighted by atomic mass is 32.2. The third-order valence-electron chi connectivity index (χ3n) is 3.96. The second-order valence-electron chi connectivity index (χ2n) is 5.14. The predicted octanol–water partition coefficient (Wildman–Crippen LogP) is 1.71. The quantitative estimate of drug-likeness (QED) is 0.716. The highest BCUT2D eigenvalue weighted by molar-refractivity contribution is 7.85. The lowest BCUT2D eigenvalue weighted by Crippen LogP contribution is -2.36. The highest BCUT2D eigenvalue weighted by Gasteiger charge is 2.40. The van der Waals surface area contributed by atoms with Crippen LogP contribution in [0.15, 0.2) is 23.1 Å². The molecule has 0 radical (unpaired) electrons. The summed E-state index contributed by atoms with van der Waals surface area (Å²) >= 11 is 0. The molecular formula is C12H16NO3S-. The number of hydrogen-bond donors (Lipinski definition) is 0. The topological polar surface area (TPSA) is 60.4 Å². The molecule has 0 saturated carbocycles. The lowest BCUT2D eigenvalue weighted by atomic mass is 9.81. The Morgan fingerprint density at radius 1 is 1.35 bits per heavy atom. The second-order valence-corrected chi connectivity index (χ2v) is 6.52. The molecule has 0 amide bonds. The standard InChI is InChI=1S/C12H17NO3S/c1-8-12(2,3)10-7-9(17(14,15)16)5-6-11(10)13(8)4/h5-8H,1-4H3,(H,14,15,16)/p-1/t8-/m1/s1. The number of anilines is 1. The van der Waals surface area contributed by atoms with E-state index >= 15 is 0 Å². The predicted molar refractivity (Wildman–Crippen MR) is 65.3 cm³/mol. The van der Waals surface area contributed by atoms with E-state index in [2.05, 4.69) is 25.7 Å². The van der Waals surface area contributed by atoms with Crippen LogP contribution < -0.4 is 4.90 Å². The van der Waals surface area contributed by atoms with Gasteiger partial charge in [-0.2, -0.15) is 0 Å². The fourth-order valence-electron chi connectivity index (χ4n) is 2.41. The summed E-state index contributed by atoms with van der Waals surface area (Å²) in [7, 11) is -2.40. The molecule has 94 valence electrons. The summed E-state index contributed by atoms with van der Waals surface area (Å²) in [5.41, 5.74) is 1.75. The molecule has 1 aliphatic heterocycles. The SMILES string of the molecule is C[C@H]1N(C)c2ccc(S(=O)(=O)[O-])cc2C1(C)C. The summed E-state index contributed by atoms with van der Waals surface area (Å²) in [6.45, 7) is 6.20. The molecule has 1 aromatic carbocycles. The van der Waals surface area contributed by atoms with Crippen molar-refractivity contribution < 1.29 is 13.0 Å². The van der Waals surface area contributed by atoms with E-state index in [1.54, 1.807) is 6.07 Å². The Morgan fingerprint density at radius 3 is 2.47 bits per heavy atom. The molecule has 0 aromatic heterocycles. The molecule has 17 heavy (non-hydrogen) atoms. The molecular weight excluding hydrogens is 238 g/mol. The molecule has 1 aromatic rings. The number of rotatable bonds is 1. The Balaban J connectivity index is 2.67. The van der Waals surface area contributed by atoms with Crippen molar-refractivity contribution in [3.8, 4) is 0 Å². The minimum absolute atomic E-state index is 0.146. The Bertz CT molecular complexity index is 563. The molecule has 0 spiro atoms. The zero-order valence-corrected chi connectivity index (χ0v) is 11.2. The molecule has 1 atom stereocenters. The summed E-state index contributed by atoms with van der Waals surface area (Å²) in [5.74, 6) is 0. The maximum atomic E-state index is 11.0. The smallest absolute Gasteiger partial charge is 0.124 e. The van der Waals surface area contributed by atoms with Crippen molar-refractivity contribution in [1.82, 2.24) is 0 Å². The van der Waals surface area contributed by atoms with Crippen LogP contribution in [0.25, 0.3) is 0 Å². The minimum Gasteiger partial charge on any atom is -0.744 e. The summed E-state index contributed by atoms with van der Waals surface area (Å²) in [6, 6.07) is 4.87. The van der Waals surface area contributed by atoms with E-state index < -0.39 is 10.1 Å². The van der Waals surface area contributed by atoms with E-state index in [0.29, 0.717) is 0 Å². The van der Waals surface area contributed by atoms with Gasteiger partial charge in [-0.1, -0.05) is 13.8 Å². The van der Waals surface area contributed by atoms with Gasteiger partial charge in [-0.05, 0) is 30.7 Å². The van der Waals surface area contributed by atoms with E-state index in [9.17, 15) is 13.0 Å².